The fraction of sp³-hybridized carbons (Fsp3) is 0.0625. The summed E-state index contributed by atoms with van der Waals surface area (Å²) in [6.45, 7) is 0. The molecule has 0 aliphatic carbocycles. The van der Waals surface area contributed by atoms with E-state index in [1.54, 1.807) is 36.4 Å². The number of aliphatic carboxylic acids is 1. The zero-order valence-electron chi connectivity index (χ0n) is 13.2. The Balaban J connectivity index is 0.00000243. The van der Waals surface area contributed by atoms with Gasteiger partial charge in [-0.25, -0.2) is 4.98 Å². The third-order valence-electron chi connectivity index (χ3n) is 3.41. The summed E-state index contributed by atoms with van der Waals surface area (Å²) in [6, 6.07) is 12.2. The summed E-state index contributed by atoms with van der Waals surface area (Å²) in [5.74, 6) is -2.49. The first-order valence-corrected chi connectivity index (χ1v) is 8.40. The van der Waals surface area contributed by atoms with Crippen molar-refractivity contribution >= 4 is 44.4 Å². The number of carboxylic acids is 1. The summed E-state index contributed by atoms with van der Waals surface area (Å²) >= 11 is 3.01. The number of alkyl halides is 2. The number of imidazole rings is 1. The Morgan fingerprint density at radius 3 is 2.54 bits per heavy atom. The Labute approximate surface area is 171 Å². The summed E-state index contributed by atoms with van der Waals surface area (Å²) in [6.07, 6.45) is 1.29. The average molecular weight is 430 g/mol. The second kappa shape index (κ2) is 7.81. The summed E-state index contributed by atoms with van der Waals surface area (Å²) in [7, 11) is 0. The number of rotatable bonds is 4. The Hall–Kier alpha value is -1.84. The standard InChI is InChI=1S/C16H8BrF2N3O2S.Li/c17-13-8-21-15(25-16(18,19)14(23)24)22(13)12-6-5-9(7-20)10-3-1-2-4-11(10)12;/h1-6,8H,(H,23,24);/q;+1/p-1. The fourth-order valence-corrected chi connectivity index (χ4v) is 3.62. The van der Waals surface area contributed by atoms with Crippen molar-refractivity contribution in [2.45, 2.75) is 10.4 Å². The van der Waals surface area contributed by atoms with E-state index in [1.165, 1.54) is 10.8 Å². The molecule has 1 aromatic heterocycles. The second-order valence-electron chi connectivity index (χ2n) is 4.89. The SMILES string of the molecule is N#Cc1ccc(-n2c(Br)cnc2SC(F)(F)C(=O)[O-])c2ccccc12.[Li+]. The number of carboxylic acid groups (broad SMARTS) is 1. The van der Waals surface area contributed by atoms with Gasteiger partial charge in [-0.2, -0.15) is 14.0 Å². The van der Waals surface area contributed by atoms with Gasteiger partial charge in [0.15, 0.2) is 5.16 Å². The van der Waals surface area contributed by atoms with Gasteiger partial charge in [0.2, 0.25) is 0 Å². The van der Waals surface area contributed by atoms with E-state index < -0.39 is 11.2 Å². The molecule has 5 nitrogen and oxygen atoms in total. The predicted octanol–water partition coefficient (Wildman–Crippen LogP) is 0.0985. The van der Waals surface area contributed by atoms with Crippen LogP contribution >= 0.6 is 27.7 Å². The molecule has 10 heteroatoms. The van der Waals surface area contributed by atoms with Crippen molar-refractivity contribution in [1.29, 1.82) is 5.26 Å². The fourth-order valence-electron chi connectivity index (χ4n) is 2.34. The molecule has 0 aliphatic rings. The van der Waals surface area contributed by atoms with Crippen LogP contribution in [0.2, 0.25) is 0 Å². The largest absolute Gasteiger partial charge is 1.00 e. The molecule has 3 aromatic rings. The van der Waals surface area contributed by atoms with Crippen LogP contribution in [0, 0.1) is 11.3 Å². The van der Waals surface area contributed by atoms with Crippen LogP contribution in [0.5, 0.6) is 0 Å². The molecule has 3 rings (SSSR count). The van der Waals surface area contributed by atoms with Gasteiger partial charge in [0.1, 0.15) is 10.6 Å². The molecular formula is C16H7BrF2LiN3O2S. The first-order valence-electron chi connectivity index (χ1n) is 6.79. The van der Waals surface area contributed by atoms with E-state index in [-0.39, 0.29) is 35.8 Å². The van der Waals surface area contributed by atoms with Crippen LogP contribution in [0.1, 0.15) is 5.56 Å². The van der Waals surface area contributed by atoms with Crippen LogP contribution in [-0.4, -0.2) is 20.8 Å². The van der Waals surface area contributed by atoms with Gasteiger partial charge in [-0.05, 0) is 39.8 Å². The Morgan fingerprint density at radius 2 is 1.92 bits per heavy atom. The van der Waals surface area contributed by atoms with E-state index >= 15 is 0 Å². The first kappa shape index (κ1) is 20.5. The van der Waals surface area contributed by atoms with Crippen molar-refractivity contribution in [2.75, 3.05) is 0 Å². The molecule has 0 aliphatic heterocycles. The van der Waals surface area contributed by atoms with Crippen molar-refractivity contribution in [1.82, 2.24) is 9.55 Å². The molecule has 0 N–H and O–H groups in total. The molecule has 0 amide bonds. The van der Waals surface area contributed by atoms with E-state index in [2.05, 4.69) is 27.0 Å². The molecule has 0 fully saturated rings. The first-order chi connectivity index (χ1) is 11.8. The molecule has 0 atom stereocenters. The maximum absolute atomic E-state index is 13.6. The molecule has 2 aromatic carbocycles. The number of aromatic nitrogens is 2. The van der Waals surface area contributed by atoms with Crippen LogP contribution in [0.4, 0.5) is 8.78 Å². The molecule has 0 unspecified atom stereocenters. The van der Waals surface area contributed by atoms with Crippen LogP contribution in [0.3, 0.4) is 0 Å². The zero-order valence-corrected chi connectivity index (χ0v) is 15.6. The number of halogens is 3. The van der Waals surface area contributed by atoms with Crippen LogP contribution in [0.15, 0.2) is 52.4 Å². The van der Waals surface area contributed by atoms with Gasteiger partial charge in [0.25, 0.3) is 0 Å². The predicted molar refractivity (Wildman–Crippen MR) is 89.3 cm³/mol. The number of benzene rings is 2. The molecule has 0 bridgehead atoms. The van der Waals surface area contributed by atoms with Crippen molar-refractivity contribution < 1.29 is 37.5 Å². The van der Waals surface area contributed by atoms with Gasteiger partial charge in [0.05, 0.1) is 23.5 Å². The molecular weight excluding hydrogens is 423 g/mol. The topological polar surface area (TPSA) is 81.7 Å². The molecule has 0 saturated heterocycles. The van der Waals surface area contributed by atoms with Crippen LogP contribution in [0.25, 0.3) is 16.5 Å². The summed E-state index contributed by atoms with van der Waals surface area (Å²) in [4.78, 5) is 14.5. The monoisotopic (exact) mass is 429 g/mol. The smallest absolute Gasteiger partial charge is 0.543 e. The zero-order chi connectivity index (χ0) is 18.2. The van der Waals surface area contributed by atoms with Crippen LogP contribution < -0.4 is 24.0 Å². The number of carbonyl (C=O) groups excluding carboxylic acids is 1. The van der Waals surface area contributed by atoms with E-state index in [0.29, 0.717) is 26.6 Å². The molecule has 0 spiro atoms. The molecule has 0 radical (unpaired) electrons. The number of thioether (sulfide) groups is 1. The minimum absolute atomic E-state index is 0. The van der Waals surface area contributed by atoms with E-state index in [9.17, 15) is 23.9 Å². The van der Waals surface area contributed by atoms with Gasteiger partial charge >= 0.3 is 24.1 Å². The van der Waals surface area contributed by atoms with Gasteiger partial charge in [-0.15, -0.1) is 0 Å². The average Bonchev–Trinajstić information content (AvgIpc) is 2.93. The second-order valence-corrected chi connectivity index (χ2v) is 6.79. The minimum Gasteiger partial charge on any atom is -0.543 e. The van der Waals surface area contributed by atoms with Gasteiger partial charge in [-0.1, -0.05) is 24.3 Å². The number of hydrogen-bond acceptors (Lipinski definition) is 5. The van der Waals surface area contributed by atoms with Gasteiger partial charge < -0.3 is 9.90 Å². The molecule has 26 heavy (non-hydrogen) atoms. The van der Waals surface area contributed by atoms with E-state index in [1.807, 2.05) is 0 Å². The number of fused-ring (bicyclic) bond motifs is 1. The number of hydrogen-bond donors (Lipinski definition) is 0. The third-order valence-corrected chi connectivity index (χ3v) is 4.86. The minimum atomic E-state index is -4.13. The number of carbonyl (C=O) groups is 1. The normalized spacial score (nSPS) is 11.0. The van der Waals surface area contributed by atoms with E-state index in [0.717, 1.165) is 0 Å². The van der Waals surface area contributed by atoms with Gasteiger partial charge in [-0.3, -0.25) is 4.57 Å². The van der Waals surface area contributed by atoms with Crippen molar-refractivity contribution in [3.8, 4) is 11.8 Å². The Kier molecular flexibility index (Phi) is 6.15. The summed E-state index contributed by atoms with van der Waals surface area (Å²) < 4.78 is 28.8. The van der Waals surface area contributed by atoms with Gasteiger partial charge in [0, 0.05) is 10.8 Å². The summed E-state index contributed by atoms with van der Waals surface area (Å²) in [5.41, 5.74) is 0.917. The number of nitrogens with zero attached hydrogens (tertiary/aromatic N) is 3. The van der Waals surface area contributed by atoms with Crippen LogP contribution in [-0.2, 0) is 4.79 Å². The van der Waals surface area contributed by atoms with Crippen molar-refractivity contribution in [3.63, 3.8) is 0 Å². The summed E-state index contributed by atoms with van der Waals surface area (Å²) in [5, 5.41) is 16.8. The quantitative estimate of drug-likeness (QED) is 0.434. The van der Waals surface area contributed by atoms with Crippen molar-refractivity contribution in [3.05, 3.63) is 52.8 Å². The third kappa shape index (κ3) is 3.65. The maximum atomic E-state index is 13.6. The maximum Gasteiger partial charge on any atom is 1.00 e. The molecule has 126 valence electrons. The Morgan fingerprint density at radius 1 is 1.27 bits per heavy atom. The molecule has 0 saturated carbocycles. The van der Waals surface area contributed by atoms with E-state index in [4.69, 9.17) is 0 Å². The Bertz CT molecular complexity index is 1040. The molecule has 1 heterocycles. The number of nitriles is 1. The van der Waals surface area contributed by atoms with Crippen molar-refractivity contribution in [2.24, 2.45) is 0 Å².